The van der Waals surface area contributed by atoms with E-state index >= 15 is 0 Å². The van der Waals surface area contributed by atoms with E-state index in [1.54, 1.807) is 5.56 Å². The van der Waals surface area contributed by atoms with E-state index in [-0.39, 0.29) is 0 Å². The summed E-state index contributed by atoms with van der Waals surface area (Å²) in [6.07, 6.45) is 8.88. The highest BCUT2D eigenvalue weighted by molar-refractivity contribution is 5.75. The molecule has 0 nitrogen and oxygen atoms in total. The summed E-state index contributed by atoms with van der Waals surface area (Å²) in [6.45, 7) is 4.42. The third-order valence-corrected chi connectivity index (χ3v) is 8.40. The third-order valence-electron chi connectivity index (χ3n) is 8.40. The van der Waals surface area contributed by atoms with Gasteiger partial charge in [0.1, 0.15) is 0 Å². The lowest BCUT2D eigenvalue weighted by Gasteiger charge is -2.57. The van der Waals surface area contributed by atoms with Gasteiger partial charge in [-0.05, 0) is 121 Å². The molecule has 3 aromatic rings. The van der Waals surface area contributed by atoms with Gasteiger partial charge >= 0.3 is 0 Å². The molecule has 4 aliphatic rings. The fourth-order valence-corrected chi connectivity index (χ4v) is 7.48. The summed E-state index contributed by atoms with van der Waals surface area (Å²) in [5, 5.41) is 0. The molecule has 4 bridgehead atoms. The summed E-state index contributed by atoms with van der Waals surface area (Å²) < 4.78 is 0. The van der Waals surface area contributed by atoms with Crippen molar-refractivity contribution < 1.29 is 0 Å². The highest BCUT2D eigenvalue weighted by atomic mass is 14.6. The van der Waals surface area contributed by atoms with Crippen molar-refractivity contribution in [1.82, 2.24) is 0 Å². The minimum absolute atomic E-state index is 0.492. The Morgan fingerprint density at radius 2 is 1.23 bits per heavy atom. The molecule has 4 aliphatic carbocycles. The van der Waals surface area contributed by atoms with Crippen LogP contribution in [0.3, 0.4) is 0 Å². The SMILES string of the molecule is Cc1cc(-c2ccc(C34CC5CC(CC(C5)C3)C4)cc2)cc(-c2ccccc2C)c1. The van der Waals surface area contributed by atoms with Crippen LogP contribution >= 0.6 is 0 Å². The first-order valence-corrected chi connectivity index (χ1v) is 11.9. The summed E-state index contributed by atoms with van der Waals surface area (Å²) in [6, 6.07) is 25.5. The van der Waals surface area contributed by atoms with Gasteiger partial charge in [-0.15, -0.1) is 0 Å². The van der Waals surface area contributed by atoms with E-state index in [4.69, 9.17) is 0 Å². The normalized spacial score (nSPS) is 29.3. The largest absolute Gasteiger partial charge is 0.0620 e. The molecule has 0 N–H and O–H groups in total. The Labute approximate surface area is 181 Å². The molecule has 30 heavy (non-hydrogen) atoms. The van der Waals surface area contributed by atoms with Gasteiger partial charge in [0.2, 0.25) is 0 Å². The van der Waals surface area contributed by atoms with Gasteiger partial charge in [-0.1, -0.05) is 60.7 Å². The van der Waals surface area contributed by atoms with Crippen LogP contribution < -0.4 is 0 Å². The summed E-state index contributed by atoms with van der Waals surface area (Å²) in [7, 11) is 0. The molecule has 0 radical (unpaired) electrons. The highest BCUT2D eigenvalue weighted by Gasteiger charge is 2.51. The molecule has 0 aliphatic heterocycles. The quantitative estimate of drug-likeness (QED) is 0.422. The summed E-state index contributed by atoms with van der Waals surface area (Å²) >= 11 is 0. The van der Waals surface area contributed by atoms with E-state index in [0.717, 1.165) is 17.8 Å². The average Bonchev–Trinajstić information content (AvgIpc) is 2.73. The summed E-state index contributed by atoms with van der Waals surface area (Å²) in [4.78, 5) is 0. The van der Waals surface area contributed by atoms with Gasteiger partial charge < -0.3 is 0 Å². The number of rotatable bonds is 3. The zero-order chi connectivity index (χ0) is 20.3. The molecule has 7 rings (SSSR count). The maximum Gasteiger partial charge on any atom is -0.00391 e. The lowest BCUT2D eigenvalue weighted by Crippen LogP contribution is -2.48. The van der Waals surface area contributed by atoms with E-state index in [1.165, 1.54) is 71.9 Å². The summed E-state index contributed by atoms with van der Waals surface area (Å²) in [5.74, 6) is 3.01. The van der Waals surface area contributed by atoms with Crippen LogP contribution in [0.25, 0.3) is 22.3 Å². The first-order chi connectivity index (χ1) is 14.6. The standard InChI is InChI=1S/C30H32/c1-20-11-26(16-27(12-20)29-6-4-3-5-21(29)2)25-7-9-28(10-8-25)30-17-22-13-23(18-30)15-24(14-22)19-30/h3-12,16,22-24H,13-15,17-19H2,1-2H3. The second-order valence-corrected chi connectivity index (χ2v) is 10.7. The predicted molar refractivity (Wildman–Crippen MR) is 127 cm³/mol. The van der Waals surface area contributed by atoms with Crippen LogP contribution in [-0.4, -0.2) is 0 Å². The number of aryl methyl sites for hydroxylation is 2. The van der Waals surface area contributed by atoms with Crippen molar-refractivity contribution in [3.05, 3.63) is 83.4 Å². The van der Waals surface area contributed by atoms with E-state index < -0.39 is 0 Å². The van der Waals surface area contributed by atoms with Gasteiger partial charge in [-0.25, -0.2) is 0 Å². The molecule has 152 valence electrons. The van der Waals surface area contributed by atoms with Crippen molar-refractivity contribution in [3.8, 4) is 22.3 Å². The Hall–Kier alpha value is -2.34. The number of hydrogen-bond acceptors (Lipinski definition) is 0. The fourth-order valence-electron chi connectivity index (χ4n) is 7.48. The second kappa shape index (κ2) is 6.84. The maximum absolute atomic E-state index is 2.47. The molecule has 0 heteroatoms. The molecule has 0 atom stereocenters. The zero-order valence-electron chi connectivity index (χ0n) is 18.3. The number of hydrogen-bond donors (Lipinski definition) is 0. The van der Waals surface area contributed by atoms with E-state index in [1.807, 2.05) is 0 Å². The summed E-state index contributed by atoms with van der Waals surface area (Å²) in [5.41, 5.74) is 10.1. The van der Waals surface area contributed by atoms with Crippen LogP contribution in [0.15, 0.2) is 66.7 Å². The fraction of sp³-hybridized carbons (Fsp3) is 0.400. The third kappa shape index (κ3) is 3.04. The Bertz CT molecular complexity index is 1050. The Balaban J connectivity index is 1.34. The molecule has 0 aromatic heterocycles. The van der Waals surface area contributed by atoms with Gasteiger partial charge in [0, 0.05) is 0 Å². The maximum atomic E-state index is 2.47. The van der Waals surface area contributed by atoms with Crippen LogP contribution in [-0.2, 0) is 5.41 Å². The van der Waals surface area contributed by atoms with Crippen molar-refractivity contribution in [3.63, 3.8) is 0 Å². The molecule has 3 aromatic carbocycles. The minimum atomic E-state index is 0.492. The zero-order valence-corrected chi connectivity index (χ0v) is 18.3. The molecule has 4 fully saturated rings. The molecule has 0 unspecified atom stereocenters. The minimum Gasteiger partial charge on any atom is -0.0620 e. The van der Waals surface area contributed by atoms with Gasteiger partial charge in [-0.3, -0.25) is 0 Å². The molecular formula is C30H32. The van der Waals surface area contributed by atoms with Crippen molar-refractivity contribution in [2.24, 2.45) is 17.8 Å². The van der Waals surface area contributed by atoms with Gasteiger partial charge in [0.25, 0.3) is 0 Å². The average molecular weight is 393 g/mol. The van der Waals surface area contributed by atoms with E-state index in [0.29, 0.717) is 5.41 Å². The molecular weight excluding hydrogens is 360 g/mol. The van der Waals surface area contributed by atoms with Crippen LogP contribution in [0, 0.1) is 31.6 Å². The molecule has 0 amide bonds. The lowest BCUT2D eigenvalue weighted by molar-refractivity contribution is -0.00518. The Morgan fingerprint density at radius 3 is 1.87 bits per heavy atom. The molecule has 0 heterocycles. The van der Waals surface area contributed by atoms with Crippen molar-refractivity contribution >= 4 is 0 Å². The Morgan fingerprint density at radius 1 is 0.633 bits per heavy atom. The van der Waals surface area contributed by atoms with Crippen LogP contribution in [0.4, 0.5) is 0 Å². The van der Waals surface area contributed by atoms with Crippen LogP contribution in [0.1, 0.15) is 55.2 Å². The molecule has 4 saturated carbocycles. The number of benzene rings is 3. The topological polar surface area (TPSA) is 0 Å². The second-order valence-electron chi connectivity index (χ2n) is 10.7. The van der Waals surface area contributed by atoms with Gasteiger partial charge in [-0.2, -0.15) is 0 Å². The highest BCUT2D eigenvalue weighted by Crippen LogP contribution is 2.60. The first-order valence-electron chi connectivity index (χ1n) is 11.9. The molecule has 0 saturated heterocycles. The van der Waals surface area contributed by atoms with Crippen molar-refractivity contribution in [2.45, 2.75) is 57.8 Å². The monoisotopic (exact) mass is 392 g/mol. The van der Waals surface area contributed by atoms with Crippen molar-refractivity contribution in [1.29, 1.82) is 0 Å². The van der Waals surface area contributed by atoms with Gasteiger partial charge in [0.05, 0.1) is 0 Å². The van der Waals surface area contributed by atoms with Crippen LogP contribution in [0.2, 0.25) is 0 Å². The first kappa shape index (κ1) is 18.4. The smallest absolute Gasteiger partial charge is 0.00391 e. The van der Waals surface area contributed by atoms with Crippen LogP contribution in [0.5, 0.6) is 0 Å². The van der Waals surface area contributed by atoms with E-state index in [9.17, 15) is 0 Å². The van der Waals surface area contributed by atoms with E-state index in [2.05, 4.69) is 80.6 Å². The van der Waals surface area contributed by atoms with Gasteiger partial charge in [0.15, 0.2) is 0 Å². The predicted octanol–water partition coefficient (Wildman–Crippen LogP) is 8.11. The molecule has 0 spiro atoms. The Kier molecular flexibility index (Phi) is 4.20. The van der Waals surface area contributed by atoms with Crippen molar-refractivity contribution in [2.75, 3.05) is 0 Å². The lowest BCUT2D eigenvalue weighted by atomic mass is 9.48.